The Balaban J connectivity index is 1.65. The number of benzene rings is 3. The van der Waals surface area contributed by atoms with Crippen LogP contribution in [0.15, 0.2) is 83.8 Å². The Labute approximate surface area is 164 Å². The monoisotopic (exact) mass is 395 g/mol. The number of rotatable bonds is 7. The van der Waals surface area contributed by atoms with Gasteiger partial charge < -0.3 is 10.1 Å². The van der Waals surface area contributed by atoms with E-state index in [-0.39, 0.29) is 17.0 Å². The molecule has 5 nitrogen and oxygen atoms in total. The van der Waals surface area contributed by atoms with Gasteiger partial charge in [0.05, 0.1) is 10.5 Å². The molecule has 0 aliphatic heterocycles. The smallest absolute Gasteiger partial charge is 0.252 e. The van der Waals surface area contributed by atoms with Crippen LogP contribution in [0.5, 0.6) is 5.75 Å². The number of hydrogen-bond acceptors (Lipinski definition) is 4. The van der Waals surface area contributed by atoms with Crippen molar-refractivity contribution in [2.24, 2.45) is 0 Å². The molecule has 6 heteroatoms. The molecule has 144 valence electrons. The van der Waals surface area contributed by atoms with Gasteiger partial charge in [0.1, 0.15) is 12.4 Å². The highest BCUT2D eigenvalue weighted by atomic mass is 32.2. The van der Waals surface area contributed by atoms with E-state index in [1.807, 2.05) is 54.6 Å². The van der Waals surface area contributed by atoms with Gasteiger partial charge in [0, 0.05) is 12.8 Å². The molecule has 0 aromatic heterocycles. The summed E-state index contributed by atoms with van der Waals surface area (Å²) >= 11 is 0. The molecule has 0 atom stereocenters. The molecule has 1 N–H and O–H groups in total. The molecule has 0 aliphatic carbocycles. The maximum atomic E-state index is 12.5. The van der Waals surface area contributed by atoms with Crippen LogP contribution in [0.3, 0.4) is 0 Å². The van der Waals surface area contributed by atoms with Crippen molar-refractivity contribution in [1.29, 1.82) is 0 Å². The van der Waals surface area contributed by atoms with E-state index in [0.29, 0.717) is 6.61 Å². The fourth-order valence-corrected chi connectivity index (χ4v) is 3.65. The number of carbonyl (C=O) groups is 1. The standard InChI is InChI=1S/C22H21NO4S/c1-28(25,26)21-13-6-5-12-20(21)22(24)23-15-17-8-7-9-18(14-17)16-27-19-10-3-2-4-11-19/h2-14H,15-16H2,1H3,(H,23,24). The Hall–Kier alpha value is -3.12. The summed E-state index contributed by atoms with van der Waals surface area (Å²) in [6, 6.07) is 23.4. The van der Waals surface area contributed by atoms with Gasteiger partial charge in [0.2, 0.25) is 0 Å². The van der Waals surface area contributed by atoms with E-state index >= 15 is 0 Å². The first-order valence-electron chi connectivity index (χ1n) is 8.76. The predicted octanol–water partition coefficient (Wildman–Crippen LogP) is 3.60. The maximum Gasteiger partial charge on any atom is 0.252 e. The van der Waals surface area contributed by atoms with Crippen LogP contribution in [-0.4, -0.2) is 20.6 Å². The molecule has 0 fully saturated rings. The summed E-state index contributed by atoms with van der Waals surface area (Å²) in [5, 5.41) is 2.78. The zero-order valence-electron chi connectivity index (χ0n) is 15.5. The van der Waals surface area contributed by atoms with E-state index in [9.17, 15) is 13.2 Å². The first-order chi connectivity index (χ1) is 13.4. The molecule has 0 unspecified atom stereocenters. The fraction of sp³-hybridized carbons (Fsp3) is 0.136. The third-order valence-electron chi connectivity index (χ3n) is 4.12. The summed E-state index contributed by atoms with van der Waals surface area (Å²) in [5.74, 6) is 0.366. The van der Waals surface area contributed by atoms with Gasteiger partial charge in [-0.2, -0.15) is 0 Å². The van der Waals surface area contributed by atoms with Gasteiger partial charge in [-0.15, -0.1) is 0 Å². The van der Waals surface area contributed by atoms with Gasteiger partial charge in [-0.05, 0) is 35.4 Å². The second-order valence-electron chi connectivity index (χ2n) is 6.37. The van der Waals surface area contributed by atoms with Crippen molar-refractivity contribution >= 4 is 15.7 Å². The molecule has 28 heavy (non-hydrogen) atoms. The molecule has 3 aromatic carbocycles. The molecule has 0 heterocycles. The molecular formula is C22H21NO4S. The van der Waals surface area contributed by atoms with E-state index in [4.69, 9.17) is 4.74 Å². The molecule has 0 radical (unpaired) electrons. The number of ether oxygens (including phenoxy) is 1. The lowest BCUT2D eigenvalue weighted by molar-refractivity contribution is 0.0947. The first kappa shape index (κ1) is 19.6. The topological polar surface area (TPSA) is 72.5 Å². The molecule has 3 rings (SSSR count). The highest BCUT2D eigenvalue weighted by Gasteiger charge is 2.17. The highest BCUT2D eigenvalue weighted by Crippen LogP contribution is 2.16. The van der Waals surface area contributed by atoms with Crippen LogP contribution in [0.4, 0.5) is 0 Å². The summed E-state index contributed by atoms with van der Waals surface area (Å²) < 4.78 is 29.5. The molecular weight excluding hydrogens is 374 g/mol. The SMILES string of the molecule is CS(=O)(=O)c1ccccc1C(=O)NCc1cccc(COc2ccccc2)c1. The van der Waals surface area contributed by atoms with Gasteiger partial charge >= 0.3 is 0 Å². The molecule has 0 saturated carbocycles. The van der Waals surface area contributed by atoms with Crippen LogP contribution in [-0.2, 0) is 23.0 Å². The first-order valence-corrected chi connectivity index (χ1v) is 10.7. The second kappa shape index (κ2) is 8.71. The summed E-state index contributed by atoms with van der Waals surface area (Å²) in [6.07, 6.45) is 1.09. The Morgan fingerprint density at radius 3 is 2.32 bits per heavy atom. The van der Waals surface area contributed by atoms with Crippen molar-refractivity contribution in [3.05, 3.63) is 95.6 Å². The average Bonchev–Trinajstić information content (AvgIpc) is 2.71. The lowest BCUT2D eigenvalue weighted by Crippen LogP contribution is -2.24. The van der Waals surface area contributed by atoms with E-state index in [0.717, 1.165) is 23.1 Å². The number of carbonyl (C=O) groups excluding carboxylic acids is 1. The molecule has 0 bridgehead atoms. The summed E-state index contributed by atoms with van der Waals surface area (Å²) in [5.41, 5.74) is 2.03. The van der Waals surface area contributed by atoms with Crippen LogP contribution in [0.2, 0.25) is 0 Å². The van der Waals surface area contributed by atoms with Crippen molar-refractivity contribution in [1.82, 2.24) is 5.32 Å². The quantitative estimate of drug-likeness (QED) is 0.663. The van der Waals surface area contributed by atoms with Crippen molar-refractivity contribution in [2.75, 3.05) is 6.26 Å². The maximum absolute atomic E-state index is 12.5. The van der Waals surface area contributed by atoms with Crippen molar-refractivity contribution in [3.8, 4) is 5.75 Å². The summed E-state index contributed by atoms with van der Waals surface area (Å²) in [4.78, 5) is 12.5. The van der Waals surface area contributed by atoms with Gasteiger partial charge in [0.15, 0.2) is 9.84 Å². The normalized spacial score (nSPS) is 11.0. The van der Waals surface area contributed by atoms with Gasteiger partial charge in [-0.25, -0.2) is 8.42 Å². The molecule has 3 aromatic rings. The number of para-hydroxylation sites is 1. The minimum absolute atomic E-state index is 0.0255. The lowest BCUT2D eigenvalue weighted by atomic mass is 10.1. The van der Waals surface area contributed by atoms with E-state index in [1.165, 1.54) is 12.1 Å². The number of sulfone groups is 1. The van der Waals surface area contributed by atoms with E-state index in [2.05, 4.69) is 5.32 Å². The highest BCUT2D eigenvalue weighted by molar-refractivity contribution is 7.90. The van der Waals surface area contributed by atoms with Crippen LogP contribution < -0.4 is 10.1 Å². The van der Waals surface area contributed by atoms with Gasteiger partial charge in [-0.1, -0.05) is 54.6 Å². The Bertz CT molecular complexity index is 1060. The average molecular weight is 395 g/mol. The summed E-state index contributed by atoms with van der Waals surface area (Å²) in [6.45, 7) is 0.707. The number of hydrogen-bond donors (Lipinski definition) is 1. The predicted molar refractivity (Wildman–Crippen MR) is 108 cm³/mol. The Kier molecular flexibility index (Phi) is 6.11. The van der Waals surface area contributed by atoms with Gasteiger partial charge in [-0.3, -0.25) is 4.79 Å². The van der Waals surface area contributed by atoms with Crippen molar-refractivity contribution < 1.29 is 17.9 Å². The van der Waals surface area contributed by atoms with Crippen LogP contribution in [0.1, 0.15) is 21.5 Å². The van der Waals surface area contributed by atoms with E-state index < -0.39 is 15.7 Å². The van der Waals surface area contributed by atoms with Crippen LogP contribution >= 0.6 is 0 Å². The third-order valence-corrected chi connectivity index (χ3v) is 5.28. The minimum atomic E-state index is -3.48. The molecule has 1 amide bonds. The molecule has 0 saturated heterocycles. The number of amides is 1. The van der Waals surface area contributed by atoms with Crippen LogP contribution in [0.25, 0.3) is 0 Å². The Morgan fingerprint density at radius 1 is 0.893 bits per heavy atom. The zero-order chi connectivity index (χ0) is 20.0. The zero-order valence-corrected chi connectivity index (χ0v) is 16.3. The third kappa shape index (κ3) is 5.20. The molecule has 0 spiro atoms. The van der Waals surface area contributed by atoms with E-state index in [1.54, 1.807) is 12.1 Å². The Morgan fingerprint density at radius 2 is 1.57 bits per heavy atom. The largest absolute Gasteiger partial charge is 0.489 e. The number of nitrogens with one attached hydrogen (secondary N) is 1. The summed E-state index contributed by atoms with van der Waals surface area (Å²) in [7, 11) is -3.48. The van der Waals surface area contributed by atoms with Crippen molar-refractivity contribution in [3.63, 3.8) is 0 Å². The van der Waals surface area contributed by atoms with Crippen molar-refractivity contribution in [2.45, 2.75) is 18.0 Å². The van der Waals surface area contributed by atoms with Gasteiger partial charge in [0.25, 0.3) is 5.91 Å². The minimum Gasteiger partial charge on any atom is -0.489 e. The fourth-order valence-electron chi connectivity index (χ4n) is 2.77. The van der Waals surface area contributed by atoms with Crippen LogP contribution in [0, 0.1) is 0 Å². The lowest BCUT2D eigenvalue weighted by Gasteiger charge is -2.10. The molecule has 0 aliphatic rings. The second-order valence-corrected chi connectivity index (χ2v) is 8.36.